The van der Waals surface area contributed by atoms with E-state index < -0.39 is 24.0 Å². The molecule has 0 spiro atoms. The van der Waals surface area contributed by atoms with Gasteiger partial charge in [-0.05, 0) is 48.9 Å². The third-order valence-electron chi connectivity index (χ3n) is 6.75. The predicted molar refractivity (Wildman–Crippen MR) is 141 cm³/mol. The Bertz CT molecular complexity index is 1310. The Morgan fingerprint density at radius 1 is 0.789 bits per heavy atom. The molecule has 2 saturated heterocycles. The van der Waals surface area contributed by atoms with Crippen LogP contribution in [0.1, 0.15) is 24.9 Å². The van der Waals surface area contributed by atoms with Crippen molar-refractivity contribution in [2.45, 2.75) is 25.5 Å². The zero-order valence-corrected chi connectivity index (χ0v) is 21.7. The van der Waals surface area contributed by atoms with E-state index in [9.17, 15) is 9.59 Å². The number of methoxy groups -OCH3 is 3. The lowest BCUT2D eigenvalue weighted by Gasteiger charge is -2.30. The van der Waals surface area contributed by atoms with Crippen LogP contribution in [0.4, 0.5) is 11.4 Å². The van der Waals surface area contributed by atoms with E-state index in [2.05, 4.69) is 0 Å². The number of nitrogens with zero attached hydrogens (tertiary/aromatic N) is 2. The second-order valence-corrected chi connectivity index (χ2v) is 8.96. The lowest BCUT2D eigenvalue weighted by atomic mass is 9.89. The number of rotatable bonds is 9. The normalized spacial score (nSPS) is 20.5. The van der Waals surface area contributed by atoms with Crippen LogP contribution in [0.2, 0.25) is 0 Å². The first-order chi connectivity index (χ1) is 18.5. The molecule has 198 valence electrons. The van der Waals surface area contributed by atoms with Gasteiger partial charge in [0.1, 0.15) is 23.5 Å². The number of ether oxygens (including phenoxy) is 4. The highest BCUT2D eigenvalue weighted by atomic mass is 16.7. The highest BCUT2D eigenvalue weighted by molar-refractivity contribution is 6.24. The molecule has 2 heterocycles. The van der Waals surface area contributed by atoms with E-state index in [-0.39, 0.29) is 5.91 Å². The van der Waals surface area contributed by atoms with Gasteiger partial charge < -0.3 is 18.9 Å². The van der Waals surface area contributed by atoms with Gasteiger partial charge in [0.25, 0.3) is 5.91 Å². The Morgan fingerprint density at radius 2 is 1.45 bits per heavy atom. The highest BCUT2D eigenvalue weighted by Gasteiger charge is 2.61. The van der Waals surface area contributed by atoms with Crippen LogP contribution in [0.3, 0.4) is 0 Å². The number of imide groups is 1. The Morgan fingerprint density at radius 3 is 2.08 bits per heavy atom. The summed E-state index contributed by atoms with van der Waals surface area (Å²) in [5, 5.41) is 1.62. The van der Waals surface area contributed by atoms with E-state index in [4.69, 9.17) is 23.8 Å². The zero-order valence-electron chi connectivity index (χ0n) is 21.7. The molecule has 0 aliphatic carbocycles. The van der Waals surface area contributed by atoms with Gasteiger partial charge in [0.2, 0.25) is 5.91 Å². The number of carbonyl (C=O) groups excluding carboxylic acids is 2. The molecule has 9 nitrogen and oxygen atoms in total. The first kappa shape index (κ1) is 25.4. The highest BCUT2D eigenvalue weighted by Crippen LogP contribution is 2.51. The summed E-state index contributed by atoms with van der Waals surface area (Å²) < 4.78 is 22.4. The van der Waals surface area contributed by atoms with Crippen molar-refractivity contribution in [3.05, 3.63) is 72.3 Å². The smallest absolute Gasteiger partial charge is 0.266 e. The van der Waals surface area contributed by atoms with E-state index in [0.717, 1.165) is 6.42 Å². The predicted octanol–water partition coefficient (Wildman–Crippen LogP) is 4.55. The molecule has 0 unspecified atom stereocenters. The maximum absolute atomic E-state index is 14.0. The van der Waals surface area contributed by atoms with Crippen LogP contribution in [0.5, 0.6) is 23.0 Å². The summed E-state index contributed by atoms with van der Waals surface area (Å²) in [6.07, 6.45) is -0.133. The average Bonchev–Trinajstić information content (AvgIpc) is 3.47. The van der Waals surface area contributed by atoms with Gasteiger partial charge in [0.15, 0.2) is 17.6 Å². The molecule has 0 aromatic heterocycles. The zero-order chi connectivity index (χ0) is 26.8. The fraction of sp³-hybridized carbons (Fsp3) is 0.310. The summed E-state index contributed by atoms with van der Waals surface area (Å²) in [5.74, 6) is 0.494. The Hall–Kier alpha value is -4.24. The van der Waals surface area contributed by atoms with Gasteiger partial charge in [-0.3, -0.25) is 14.4 Å². The SMILES string of the molecule is CCCOc1ccc(N2C(=O)[C@H]3[C@H](ON(c4ccccc4)[C@@H]3c3cc(OC)c(OC)cc3OC)C2=O)cc1. The van der Waals surface area contributed by atoms with Gasteiger partial charge in [0.05, 0.1) is 39.3 Å². The fourth-order valence-electron chi connectivity index (χ4n) is 4.98. The number of benzene rings is 3. The number of hydrogen-bond acceptors (Lipinski definition) is 8. The van der Waals surface area contributed by atoms with Crippen molar-refractivity contribution in [1.29, 1.82) is 0 Å². The molecule has 2 aliphatic heterocycles. The molecule has 0 saturated carbocycles. The van der Waals surface area contributed by atoms with Crippen molar-refractivity contribution in [2.24, 2.45) is 5.92 Å². The Labute approximate surface area is 221 Å². The van der Waals surface area contributed by atoms with Gasteiger partial charge in [0, 0.05) is 11.6 Å². The number of amides is 2. The van der Waals surface area contributed by atoms with Crippen LogP contribution in [0.25, 0.3) is 0 Å². The second-order valence-electron chi connectivity index (χ2n) is 8.96. The topological polar surface area (TPSA) is 86.8 Å². The molecule has 0 radical (unpaired) electrons. The third-order valence-corrected chi connectivity index (χ3v) is 6.75. The van der Waals surface area contributed by atoms with E-state index in [1.54, 1.807) is 48.6 Å². The Kier molecular flexibility index (Phi) is 7.11. The molecule has 2 aliphatic rings. The van der Waals surface area contributed by atoms with Crippen molar-refractivity contribution in [3.63, 3.8) is 0 Å². The van der Waals surface area contributed by atoms with Crippen LogP contribution in [0.15, 0.2) is 66.7 Å². The summed E-state index contributed by atoms with van der Waals surface area (Å²) in [7, 11) is 4.62. The summed E-state index contributed by atoms with van der Waals surface area (Å²) >= 11 is 0. The first-order valence-electron chi connectivity index (χ1n) is 12.4. The molecule has 3 aromatic carbocycles. The van der Waals surface area contributed by atoms with E-state index in [0.29, 0.717) is 46.5 Å². The number of hydrogen-bond donors (Lipinski definition) is 0. The summed E-state index contributed by atoms with van der Waals surface area (Å²) in [5.41, 5.74) is 1.80. The molecular weight excluding hydrogens is 488 g/mol. The number of carbonyl (C=O) groups is 2. The summed E-state index contributed by atoms with van der Waals surface area (Å²) in [4.78, 5) is 35.0. The minimum Gasteiger partial charge on any atom is -0.496 e. The number of para-hydroxylation sites is 1. The number of hydroxylamine groups is 1. The summed E-state index contributed by atoms with van der Waals surface area (Å²) in [6, 6.07) is 19.1. The van der Waals surface area contributed by atoms with Crippen molar-refractivity contribution in [2.75, 3.05) is 37.9 Å². The van der Waals surface area contributed by atoms with Gasteiger partial charge in [-0.15, -0.1) is 0 Å². The Balaban J connectivity index is 1.58. The van der Waals surface area contributed by atoms with Crippen molar-refractivity contribution in [3.8, 4) is 23.0 Å². The van der Waals surface area contributed by atoms with Gasteiger partial charge >= 0.3 is 0 Å². The molecular formula is C29H30N2O7. The number of anilines is 2. The molecule has 9 heteroatoms. The van der Waals surface area contributed by atoms with Crippen LogP contribution < -0.4 is 28.9 Å². The molecule has 0 N–H and O–H groups in total. The standard InChI is InChI=1S/C29H30N2O7/c1-5-15-37-20-13-11-18(12-14-20)30-28(32)25-26(21-16-23(35-3)24(36-4)17-22(21)34-2)31(38-27(25)29(30)33)19-9-7-6-8-10-19/h6-14,16-17,25-27H,5,15H2,1-4H3/t25-,26-,27+/m1/s1. The quantitative estimate of drug-likeness (QED) is 0.382. The van der Waals surface area contributed by atoms with Gasteiger partial charge in [-0.2, -0.15) is 0 Å². The molecule has 3 atom stereocenters. The maximum atomic E-state index is 14.0. The molecule has 3 aromatic rings. The minimum atomic E-state index is -1.01. The van der Waals surface area contributed by atoms with E-state index in [1.165, 1.54) is 19.1 Å². The molecule has 2 fully saturated rings. The van der Waals surface area contributed by atoms with Crippen molar-refractivity contribution >= 4 is 23.2 Å². The average molecular weight is 519 g/mol. The van der Waals surface area contributed by atoms with E-state index >= 15 is 0 Å². The van der Waals surface area contributed by atoms with E-state index in [1.807, 2.05) is 37.3 Å². The monoisotopic (exact) mass is 518 g/mol. The molecule has 2 amide bonds. The minimum absolute atomic E-state index is 0.359. The lowest BCUT2D eigenvalue weighted by Crippen LogP contribution is -2.37. The maximum Gasteiger partial charge on any atom is 0.266 e. The largest absolute Gasteiger partial charge is 0.496 e. The van der Waals surface area contributed by atoms with Crippen LogP contribution >= 0.6 is 0 Å². The molecule has 5 rings (SSSR count). The second kappa shape index (κ2) is 10.6. The van der Waals surface area contributed by atoms with Crippen molar-refractivity contribution in [1.82, 2.24) is 0 Å². The van der Waals surface area contributed by atoms with Gasteiger partial charge in [-0.1, -0.05) is 25.1 Å². The van der Waals surface area contributed by atoms with Crippen molar-refractivity contribution < 1.29 is 33.4 Å². The fourth-order valence-corrected chi connectivity index (χ4v) is 4.98. The van der Waals surface area contributed by atoms with Crippen LogP contribution in [0, 0.1) is 5.92 Å². The first-order valence-corrected chi connectivity index (χ1v) is 12.4. The summed E-state index contributed by atoms with van der Waals surface area (Å²) in [6.45, 7) is 2.61. The molecule has 0 bridgehead atoms. The molecule has 38 heavy (non-hydrogen) atoms. The third kappa shape index (κ3) is 4.28. The lowest BCUT2D eigenvalue weighted by molar-refractivity contribution is -0.126. The van der Waals surface area contributed by atoms with Crippen LogP contribution in [-0.4, -0.2) is 45.9 Å². The number of fused-ring (bicyclic) bond motifs is 1. The van der Waals surface area contributed by atoms with Crippen LogP contribution in [-0.2, 0) is 14.4 Å². The van der Waals surface area contributed by atoms with Gasteiger partial charge in [-0.25, -0.2) is 9.96 Å².